The highest BCUT2D eigenvalue weighted by atomic mass is 35.5. The first kappa shape index (κ1) is 15.2. The number of halogens is 1. The zero-order chi connectivity index (χ0) is 15.4. The summed E-state index contributed by atoms with van der Waals surface area (Å²) in [5.41, 5.74) is -0.751. The van der Waals surface area contributed by atoms with Crippen molar-refractivity contribution < 1.29 is 9.47 Å². The molecular weight excluding hydrogens is 296 g/mol. The summed E-state index contributed by atoms with van der Waals surface area (Å²) in [6, 6.07) is 5.99. The molecule has 1 heterocycles. The van der Waals surface area contributed by atoms with Gasteiger partial charge in [0.1, 0.15) is 5.15 Å². The van der Waals surface area contributed by atoms with Crippen LogP contribution in [-0.4, -0.2) is 22.8 Å². The van der Waals surface area contributed by atoms with Gasteiger partial charge in [-0.3, -0.25) is 9.78 Å². The monoisotopic (exact) mass is 310 g/mol. The number of nitrogens with one attached hydrogen (secondary N) is 1. The van der Waals surface area contributed by atoms with E-state index in [9.17, 15) is 9.59 Å². The van der Waals surface area contributed by atoms with E-state index in [1.807, 2.05) is 13.8 Å². The molecular formula is C14H15ClN2O4. The molecule has 0 amide bonds. The Balaban J connectivity index is 2.58. The van der Waals surface area contributed by atoms with E-state index >= 15 is 0 Å². The normalized spacial score (nSPS) is 10.4. The number of aromatic nitrogens is 2. The minimum atomic E-state index is -0.612. The minimum Gasteiger partial charge on any atom is -0.490 e. The standard InChI is InChI=1S/C14H15ClN2O4/c1-3-20-10-6-5-9(7-11(10)21-4-2)17-13(18)8-12(15)16-14(17)19/h5-8H,3-4H2,1-2H3,(H,16,19). The number of rotatable bonds is 5. The molecule has 0 aliphatic heterocycles. The van der Waals surface area contributed by atoms with Crippen molar-refractivity contribution >= 4 is 11.6 Å². The van der Waals surface area contributed by atoms with Crippen LogP contribution in [0.5, 0.6) is 11.5 Å². The molecule has 0 aliphatic rings. The molecule has 6 nitrogen and oxygen atoms in total. The molecule has 0 bridgehead atoms. The van der Waals surface area contributed by atoms with Crippen LogP contribution in [0.15, 0.2) is 33.9 Å². The van der Waals surface area contributed by atoms with E-state index in [0.29, 0.717) is 30.4 Å². The number of hydrogen-bond acceptors (Lipinski definition) is 4. The zero-order valence-corrected chi connectivity index (χ0v) is 12.4. The number of benzene rings is 1. The third-order valence-electron chi connectivity index (χ3n) is 2.69. The fourth-order valence-electron chi connectivity index (χ4n) is 1.89. The molecule has 112 valence electrons. The maximum Gasteiger partial charge on any atom is 0.334 e. The van der Waals surface area contributed by atoms with Gasteiger partial charge in [0.2, 0.25) is 0 Å². The predicted octanol–water partition coefficient (Wildman–Crippen LogP) is 1.98. The molecule has 0 saturated heterocycles. The van der Waals surface area contributed by atoms with Gasteiger partial charge in [0.15, 0.2) is 11.5 Å². The largest absolute Gasteiger partial charge is 0.490 e. The Hall–Kier alpha value is -2.21. The third-order valence-corrected chi connectivity index (χ3v) is 2.89. The Bertz CT molecular complexity index is 720. The Morgan fingerprint density at radius 2 is 1.76 bits per heavy atom. The summed E-state index contributed by atoms with van der Waals surface area (Å²) in [7, 11) is 0. The molecule has 1 aromatic carbocycles. The molecule has 2 aromatic rings. The lowest BCUT2D eigenvalue weighted by molar-refractivity contribution is 0.287. The number of nitrogens with zero attached hydrogens (tertiary/aromatic N) is 1. The summed E-state index contributed by atoms with van der Waals surface area (Å²) in [5, 5.41) is -0.00258. The lowest BCUT2D eigenvalue weighted by Crippen LogP contribution is -2.32. The second-order valence-electron chi connectivity index (χ2n) is 4.09. The van der Waals surface area contributed by atoms with Crippen LogP contribution < -0.4 is 20.7 Å². The van der Waals surface area contributed by atoms with Gasteiger partial charge in [-0.2, -0.15) is 0 Å². The van der Waals surface area contributed by atoms with Gasteiger partial charge in [-0.15, -0.1) is 0 Å². The Morgan fingerprint density at radius 1 is 1.10 bits per heavy atom. The topological polar surface area (TPSA) is 73.3 Å². The maximum atomic E-state index is 11.9. The smallest absolute Gasteiger partial charge is 0.334 e. The average molecular weight is 311 g/mol. The first-order valence-electron chi connectivity index (χ1n) is 6.48. The van der Waals surface area contributed by atoms with Gasteiger partial charge < -0.3 is 9.47 Å². The van der Waals surface area contributed by atoms with Gasteiger partial charge in [-0.25, -0.2) is 9.36 Å². The second kappa shape index (κ2) is 6.49. The van der Waals surface area contributed by atoms with Crippen LogP contribution in [0.1, 0.15) is 13.8 Å². The van der Waals surface area contributed by atoms with Crippen molar-refractivity contribution in [1.82, 2.24) is 9.55 Å². The van der Waals surface area contributed by atoms with Crippen LogP contribution in [0.4, 0.5) is 0 Å². The fourth-order valence-corrected chi connectivity index (χ4v) is 2.06. The maximum absolute atomic E-state index is 11.9. The average Bonchev–Trinajstić information content (AvgIpc) is 2.41. The van der Waals surface area contributed by atoms with Gasteiger partial charge in [-0.05, 0) is 26.0 Å². The highest BCUT2D eigenvalue weighted by molar-refractivity contribution is 6.29. The molecule has 0 radical (unpaired) electrons. The SMILES string of the molecule is CCOc1ccc(-n2c(=O)cc(Cl)[nH]c2=O)cc1OCC. The van der Waals surface area contributed by atoms with Gasteiger partial charge >= 0.3 is 5.69 Å². The van der Waals surface area contributed by atoms with Crippen LogP contribution in [0.3, 0.4) is 0 Å². The number of H-pyrrole nitrogens is 1. The molecule has 2 rings (SSSR count). The predicted molar refractivity (Wildman–Crippen MR) is 80.0 cm³/mol. The van der Waals surface area contributed by atoms with Crippen molar-refractivity contribution in [3.8, 4) is 17.2 Å². The van der Waals surface area contributed by atoms with Crippen LogP contribution in [0.25, 0.3) is 5.69 Å². The summed E-state index contributed by atoms with van der Waals surface area (Å²) in [6.45, 7) is 4.62. The molecule has 0 atom stereocenters. The van der Waals surface area contributed by atoms with E-state index in [4.69, 9.17) is 21.1 Å². The van der Waals surface area contributed by atoms with Crippen LogP contribution in [0.2, 0.25) is 5.15 Å². The van der Waals surface area contributed by atoms with Crippen molar-refractivity contribution in [3.05, 3.63) is 50.3 Å². The van der Waals surface area contributed by atoms with E-state index in [1.54, 1.807) is 18.2 Å². The van der Waals surface area contributed by atoms with Crippen molar-refractivity contribution in [2.75, 3.05) is 13.2 Å². The van der Waals surface area contributed by atoms with Gasteiger partial charge in [0, 0.05) is 12.1 Å². The highest BCUT2D eigenvalue weighted by Gasteiger charge is 2.11. The highest BCUT2D eigenvalue weighted by Crippen LogP contribution is 2.29. The number of hydrogen-bond donors (Lipinski definition) is 1. The molecule has 1 aromatic heterocycles. The van der Waals surface area contributed by atoms with E-state index in [2.05, 4.69) is 4.98 Å². The second-order valence-corrected chi connectivity index (χ2v) is 4.50. The summed E-state index contributed by atoms with van der Waals surface area (Å²) >= 11 is 5.64. The van der Waals surface area contributed by atoms with Crippen LogP contribution in [0, 0.1) is 0 Å². The van der Waals surface area contributed by atoms with Crippen LogP contribution in [-0.2, 0) is 0 Å². The molecule has 0 aliphatic carbocycles. The van der Waals surface area contributed by atoms with Crippen LogP contribution >= 0.6 is 11.6 Å². The van der Waals surface area contributed by atoms with Crippen molar-refractivity contribution in [2.24, 2.45) is 0 Å². The zero-order valence-electron chi connectivity index (χ0n) is 11.7. The molecule has 21 heavy (non-hydrogen) atoms. The number of ether oxygens (including phenoxy) is 2. The summed E-state index contributed by atoms with van der Waals surface area (Å²) in [5.74, 6) is 1.03. The van der Waals surface area contributed by atoms with Gasteiger partial charge in [0.25, 0.3) is 5.56 Å². The van der Waals surface area contributed by atoms with Gasteiger partial charge in [-0.1, -0.05) is 11.6 Å². The Kier molecular flexibility index (Phi) is 4.70. The lowest BCUT2D eigenvalue weighted by Gasteiger charge is -2.13. The molecule has 0 fully saturated rings. The fraction of sp³-hybridized carbons (Fsp3) is 0.286. The van der Waals surface area contributed by atoms with Gasteiger partial charge in [0.05, 0.1) is 18.9 Å². The van der Waals surface area contributed by atoms with Crippen molar-refractivity contribution in [2.45, 2.75) is 13.8 Å². The summed E-state index contributed by atoms with van der Waals surface area (Å²) in [4.78, 5) is 26.2. The van der Waals surface area contributed by atoms with E-state index in [0.717, 1.165) is 10.6 Å². The molecule has 0 saturated carbocycles. The van der Waals surface area contributed by atoms with E-state index in [1.165, 1.54) is 0 Å². The summed E-state index contributed by atoms with van der Waals surface area (Å²) in [6.07, 6.45) is 0. The number of aromatic amines is 1. The third kappa shape index (κ3) is 3.28. The molecule has 0 unspecified atom stereocenters. The van der Waals surface area contributed by atoms with E-state index in [-0.39, 0.29) is 5.15 Å². The summed E-state index contributed by atoms with van der Waals surface area (Å²) < 4.78 is 11.9. The van der Waals surface area contributed by atoms with Crippen molar-refractivity contribution in [3.63, 3.8) is 0 Å². The van der Waals surface area contributed by atoms with E-state index < -0.39 is 11.2 Å². The Labute approximate surface area is 125 Å². The first-order chi connectivity index (χ1) is 10.1. The molecule has 0 spiro atoms. The molecule has 1 N–H and O–H groups in total. The first-order valence-corrected chi connectivity index (χ1v) is 6.86. The minimum absolute atomic E-state index is 0.00258. The lowest BCUT2D eigenvalue weighted by atomic mass is 10.2. The van der Waals surface area contributed by atoms with Crippen molar-refractivity contribution in [1.29, 1.82) is 0 Å². The Morgan fingerprint density at radius 3 is 2.38 bits per heavy atom. The molecule has 7 heteroatoms. The quantitative estimate of drug-likeness (QED) is 0.857.